The molecule has 6 heteroatoms. The fourth-order valence-electron chi connectivity index (χ4n) is 4.37. The number of nitrogens with zero attached hydrogens (tertiary/aromatic N) is 2. The molecule has 29 heavy (non-hydrogen) atoms. The van der Waals surface area contributed by atoms with E-state index in [4.69, 9.17) is 0 Å². The molecule has 162 valence electrons. The molecule has 2 aliphatic rings. The van der Waals surface area contributed by atoms with Gasteiger partial charge in [0.2, 0.25) is 5.91 Å². The highest BCUT2D eigenvalue weighted by Crippen LogP contribution is 2.27. The number of hydrogen-bond donors (Lipinski definition) is 2. The Morgan fingerprint density at radius 3 is 2.48 bits per heavy atom. The van der Waals surface area contributed by atoms with Crippen molar-refractivity contribution >= 4 is 35.8 Å². The van der Waals surface area contributed by atoms with Gasteiger partial charge in [-0.25, -0.2) is 0 Å². The number of rotatable bonds is 5. The van der Waals surface area contributed by atoms with Crippen molar-refractivity contribution in [2.75, 3.05) is 26.7 Å². The van der Waals surface area contributed by atoms with Crippen LogP contribution in [0.4, 0.5) is 0 Å². The van der Waals surface area contributed by atoms with Gasteiger partial charge in [0, 0.05) is 44.1 Å². The van der Waals surface area contributed by atoms with Crippen LogP contribution < -0.4 is 10.6 Å². The Hall–Kier alpha value is -1.31. The molecule has 2 N–H and O–H groups in total. The van der Waals surface area contributed by atoms with E-state index in [0.29, 0.717) is 5.91 Å². The van der Waals surface area contributed by atoms with Crippen LogP contribution in [0.25, 0.3) is 0 Å². The largest absolute Gasteiger partial charge is 0.356 e. The summed E-state index contributed by atoms with van der Waals surface area (Å²) in [5.41, 5.74) is 1.32. The van der Waals surface area contributed by atoms with Crippen LogP contribution in [0.1, 0.15) is 57.9 Å². The summed E-state index contributed by atoms with van der Waals surface area (Å²) in [4.78, 5) is 19.2. The maximum absolute atomic E-state index is 12.8. The Morgan fingerprint density at radius 2 is 1.83 bits per heavy atom. The van der Waals surface area contributed by atoms with Gasteiger partial charge in [-0.15, -0.1) is 24.0 Å². The molecule has 1 aromatic rings. The average Bonchev–Trinajstić information content (AvgIpc) is 3.20. The van der Waals surface area contributed by atoms with E-state index in [9.17, 15) is 4.79 Å². The Bertz CT molecular complexity index is 671. The lowest BCUT2D eigenvalue weighted by atomic mass is 9.85. The highest BCUT2D eigenvalue weighted by molar-refractivity contribution is 14.0. The quantitative estimate of drug-likeness (QED) is 0.357. The number of carbonyl (C=O) groups excluding carboxylic acids is 1. The molecule has 0 radical (unpaired) electrons. The third-order valence-corrected chi connectivity index (χ3v) is 6.27. The Morgan fingerprint density at radius 1 is 1.14 bits per heavy atom. The number of benzene rings is 1. The molecule has 1 unspecified atom stereocenters. The Labute approximate surface area is 193 Å². The predicted molar refractivity (Wildman–Crippen MR) is 131 cm³/mol. The second-order valence-corrected chi connectivity index (χ2v) is 8.92. The molecule has 0 aromatic heterocycles. The second-order valence-electron chi connectivity index (χ2n) is 8.92. The first-order valence-corrected chi connectivity index (χ1v) is 10.8. The smallest absolute Gasteiger partial charge is 0.225 e. The van der Waals surface area contributed by atoms with Crippen molar-refractivity contribution in [3.8, 4) is 0 Å². The number of amides is 1. The third-order valence-electron chi connectivity index (χ3n) is 6.27. The minimum Gasteiger partial charge on any atom is -0.356 e. The van der Waals surface area contributed by atoms with Gasteiger partial charge in [-0.05, 0) is 24.8 Å². The van der Waals surface area contributed by atoms with Gasteiger partial charge in [0.1, 0.15) is 0 Å². The monoisotopic (exact) mass is 512 g/mol. The molecule has 5 nitrogen and oxygen atoms in total. The lowest BCUT2D eigenvalue weighted by Gasteiger charge is -2.28. The van der Waals surface area contributed by atoms with Crippen LogP contribution in [0.5, 0.6) is 0 Å². The van der Waals surface area contributed by atoms with E-state index in [1.54, 1.807) is 0 Å². The minimum atomic E-state index is 0. The van der Waals surface area contributed by atoms with Crippen molar-refractivity contribution in [3.05, 3.63) is 35.9 Å². The number of hydrogen-bond acceptors (Lipinski definition) is 2. The molecule has 1 atom stereocenters. The van der Waals surface area contributed by atoms with E-state index in [0.717, 1.165) is 44.9 Å². The summed E-state index contributed by atoms with van der Waals surface area (Å²) in [5.74, 6) is 1.45. The second kappa shape index (κ2) is 11.2. The lowest BCUT2D eigenvalue weighted by Crippen LogP contribution is -2.48. The van der Waals surface area contributed by atoms with Crippen molar-refractivity contribution in [3.63, 3.8) is 0 Å². The normalized spacial score (nSPS) is 20.9. The van der Waals surface area contributed by atoms with Crippen LogP contribution in [-0.4, -0.2) is 49.5 Å². The van der Waals surface area contributed by atoms with E-state index >= 15 is 0 Å². The highest BCUT2D eigenvalue weighted by atomic mass is 127. The highest BCUT2D eigenvalue weighted by Gasteiger charge is 2.32. The van der Waals surface area contributed by atoms with Gasteiger partial charge in [-0.3, -0.25) is 9.79 Å². The lowest BCUT2D eigenvalue weighted by molar-refractivity contribution is -0.135. The van der Waals surface area contributed by atoms with Gasteiger partial charge in [-0.1, -0.05) is 63.4 Å². The maximum atomic E-state index is 12.8. The molecule has 1 aliphatic heterocycles. The van der Waals surface area contributed by atoms with Gasteiger partial charge in [0.15, 0.2) is 5.96 Å². The van der Waals surface area contributed by atoms with Gasteiger partial charge >= 0.3 is 0 Å². The zero-order chi connectivity index (χ0) is 20.0. The summed E-state index contributed by atoms with van der Waals surface area (Å²) in [6, 6.07) is 10.8. The standard InChI is InChI=1S/C23H36N4O.HI/c1-23(2,19-12-8-5-9-13-19)17-25-22(24-3)26-20-14-15-27(16-20)21(28)18-10-6-4-7-11-18;/h5,8-9,12-13,18,20H,4,6-7,10-11,14-17H2,1-3H3,(H2,24,25,26);1H. The Kier molecular flexibility index (Phi) is 9.24. The molecule has 1 heterocycles. The molecule has 3 rings (SSSR count). The van der Waals surface area contributed by atoms with Gasteiger partial charge in [0.05, 0.1) is 0 Å². The molecular weight excluding hydrogens is 475 g/mol. The number of guanidine groups is 1. The van der Waals surface area contributed by atoms with Crippen molar-refractivity contribution in [2.45, 2.75) is 63.8 Å². The molecular formula is C23H37IN4O. The molecule has 0 bridgehead atoms. The van der Waals surface area contributed by atoms with Gasteiger partial charge in [0.25, 0.3) is 0 Å². The number of nitrogens with one attached hydrogen (secondary N) is 2. The van der Waals surface area contributed by atoms with E-state index in [1.165, 1.54) is 24.8 Å². The predicted octanol–water partition coefficient (Wildman–Crippen LogP) is 3.93. The summed E-state index contributed by atoms with van der Waals surface area (Å²) in [6.45, 7) is 6.93. The molecule has 1 amide bonds. The van der Waals surface area contributed by atoms with Gasteiger partial charge < -0.3 is 15.5 Å². The molecule has 0 spiro atoms. The topological polar surface area (TPSA) is 56.7 Å². The SMILES string of the molecule is CN=C(NCC(C)(C)c1ccccc1)NC1CCN(C(=O)C2CCCCC2)C1.I. The summed E-state index contributed by atoms with van der Waals surface area (Å²) < 4.78 is 0. The molecule has 1 aliphatic carbocycles. The van der Waals surface area contributed by atoms with E-state index in [-0.39, 0.29) is 41.4 Å². The van der Waals surface area contributed by atoms with Crippen LogP contribution in [0.3, 0.4) is 0 Å². The first-order valence-electron chi connectivity index (χ1n) is 10.8. The van der Waals surface area contributed by atoms with Crippen LogP contribution in [0.15, 0.2) is 35.3 Å². The maximum Gasteiger partial charge on any atom is 0.225 e. The number of halogens is 1. The number of aliphatic imine (C=N–C) groups is 1. The number of carbonyl (C=O) groups is 1. The first-order chi connectivity index (χ1) is 13.5. The van der Waals surface area contributed by atoms with Crippen LogP contribution in [0.2, 0.25) is 0 Å². The molecule has 1 aromatic carbocycles. The minimum absolute atomic E-state index is 0. The summed E-state index contributed by atoms with van der Waals surface area (Å²) in [6.07, 6.45) is 6.84. The van der Waals surface area contributed by atoms with Crippen molar-refractivity contribution in [2.24, 2.45) is 10.9 Å². The van der Waals surface area contributed by atoms with Crippen LogP contribution in [-0.2, 0) is 10.2 Å². The van der Waals surface area contributed by atoms with Crippen molar-refractivity contribution < 1.29 is 4.79 Å². The van der Waals surface area contributed by atoms with Gasteiger partial charge in [-0.2, -0.15) is 0 Å². The Balaban J connectivity index is 0.00000300. The molecule has 1 saturated carbocycles. The zero-order valence-corrected chi connectivity index (χ0v) is 20.4. The molecule has 2 fully saturated rings. The average molecular weight is 512 g/mol. The summed E-state index contributed by atoms with van der Waals surface area (Å²) in [5, 5.41) is 7.00. The fraction of sp³-hybridized carbons (Fsp3) is 0.652. The van der Waals surface area contributed by atoms with Crippen molar-refractivity contribution in [1.29, 1.82) is 0 Å². The number of likely N-dealkylation sites (tertiary alicyclic amines) is 1. The van der Waals surface area contributed by atoms with Crippen LogP contribution >= 0.6 is 24.0 Å². The van der Waals surface area contributed by atoms with E-state index in [2.05, 4.69) is 58.6 Å². The zero-order valence-electron chi connectivity index (χ0n) is 18.1. The van der Waals surface area contributed by atoms with E-state index in [1.807, 2.05) is 13.1 Å². The molecule has 1 saturated heterocycles. The first kappa shape index (κ1) is 24.0. The van der Waals surface area contributed by atoms with Crippen LogP contribution in [0, 0.1) is 5.92 Å². The van der Waals surface area contributed by atoms with E-state index < -0.39 is 0 Å². The third kappa shape index (κ3) is 6.59. The fourth-order valence-corrected chi connectivity index (χ4v) is 4.37. The summed E-state index contributed by atoms with van der Waals surface area (Å²) >= 11 is 0. The summed E-state index contributed by atoms with van der Waals surface area (Å²) in [7, 11) is 1.81. The van der Waals surface area contributed by atoms with Crippen molar-refractivity contribution in [1.82, 2.24) is 15.5 Å².